The zero-order chi connectivity index (χ0) is 21.8. The van der Waals surface area contributed by atoms with E-state index in [1.54, 1.807) is 0 Å². The van der Waals surface area contributed by atoms with Crippen molar-refractivity contribution >= 4 is 17.7 Å². The van der Waals surface area contributed by atoms with Crippen molar-refractivity contribution in [2.45, 2.75) is 13.2 Å². The monoisotopic (exact) mass is 438 g/mol. The van der Waals surface area contributed by atoms with Crippen molar-refractivity contribution < 1.29 is 27.4 Å². The molecule has 1 heterocycles. The number of pyridine rings is 1. The van der Waals surface area contributed by atoms with Gasteiger partial charge in [0.05, 0.1) is 6.54 Å². The predicted molar refractivity (Wildman–Crippen MR) is 102 cm³/mol. The number of aromatic nitrogens is 1. The summed E-state index contributed by atoms with van der Waals surface area (Å²) in [5.41, 5.74) is 4.33. The number of rotatable bonds is 6. The number of benzene rings is 2. The molecule has 1 aromatic heterocycles. The van der Waals surface area contributed by atoms with E-state index in [0.29, 0.717) is 6.07 Å². The molecule has 0 aliphatic rings. The molecule has 0 fully saturated rings. The molecular weight excluding hydrogens is 425 g/mol. The minimum Gasteiger partial charge on any atom is -0.487 e. The molecule has 2 N–H and O–H groups in total. The summed E-state index contributed by atoms with van der Waals surface area (Å²) in [6.07, 6.45) is 0.136. The summed E-state index contributed by atoms with van der Waals surface area (Å²) in [5.74, 6) is -2.78. The molecule has 0 bridgehead atoms. The van der Waals surface area contributed by atoms with Crippen LogP contribution in [0.2, 0.25) is 5.02 Å². The number of carbonyl (C=O) groups excluding carboxylic acids is 1. The van der Waals surface area contributed by atoms with Crippen LogP contribution in [0.25, 0.3) is 0 Å². The van der Waals surface area contributed by atoms with Gasteiger partial charge in [-0.15, -0.1) is 0 Å². The second kappa shape index (κ2) is 8.91. The number of carbonyl (C=O) groups is 1. The zero-order valence-electron chi connectivity index (χ0n) is 15.2. The Morgan fingerprint density at radius 3 is 2.53 bits per heavy atom. The van der Waals surface area contributed by atoms with E-state index >= 15 is 0 Å². The molecule has 2 aromatic carbocycles. The Morgan fingerprint density at radius 2 is 1.83 bits per heavy atom. The van der Waals surface area contributed by atoms with Crippen LogP contribution >= 0.6 is 11.6 Å². The minimum atomic E-state index is -1.18. The Balaban J connectivity index is 1.80. The van der Waals surface area contributed by atoms with Gasteiger partial charge in [-0.3, -0.25) is 4.79 Å². The fourth-order valence-electron chi connectivity index (χ4n) is 2.61. The first kappa shape index (κ1) is 21.3. The minimum absolute atomic E-state index is 0.0204. The smallest absolute Gasteiger partial charge is 0.410 e. The number of hydrogen-bond donors (Lipinski definition) is 1. The van der Waals surface area contributed by atoms with E-state index in [9.17, 15) is 22.8 Å². The van der Waals surface area contributed by atoms with Crippen LogP contribution in [0.3, 0.4) is 0 Å². The van der Waals surface area contributed by atoms with Crippen LogP contribution in [0.1, 0.15) is 11.1 Å². The summed E-state index contributed by atoms with van der Waals surface area (Å²) in [6.45, 7) is -0.496. The highest BCUT2D eigenvalue weighted by molar-refractivity contribution is 6.31. The van der Waals surface area contributed by atoms with Gasteiger partial charge < -0.3 is 19.8 Å². The fraction of sp³-hybridized carbons (Fsp3) is 0.100. The van der Waals surface area contributed by atoms with E-state index in [4.69, 9.17) is 22.1 Å². The molecule has 1 amide bonds. The van der Waals surface area contributed by atoms with Crippen LogP contribution in [0.5, 0.6) is 11.5 Å². The molecule has 0 spiro atoms. The number of ether oxygens (including phenoxy) is 2. The molecule has 3 rings (SSSR count). The van der Waals surface area contributed by atoms with Crippen molar-refractivity contribution in [1.82, 2.24) is 4.57 Å². The summed E-state index contributed by atoms with van der Waals surface area (Å²) < 4.78 is 52.1. The highest BCUT2D eigenvalue weighted by atomic mass is 35.5. The lowest BCUT2D eigenvalue weighted by Gasteiger charge is -2.12. The molecule has 30 heavy (non-hydrogen) atoms. The van der Waals surface area contributed by atoms with Crippen LogP contribution in [-0.4, -0.2) is 10.7 Å². The largest absolute Gasteiger partial charge is 0.487 e. The van der Waals surface area contributed by atoms with E-state index in [1.807, 2.05) is 0 Å². The molecule has 6 nitrogen and oxygen atoms in total. The third-order valence-electron chi connectivity index (χ3n) is 4.06. The van der Waals surface area contributed by atoms with Gasteiger partial charge in [0, 0.05) is 23.4 Å². The first-order valence-corrected chi connectivity index (χ1v) is 8.84. The van der Waals surface area contributed by atoms with Crippen LogP contribution in [-0.2, 0) is 13.2 Å². The van der Waals surface area contributed by atoms with Crippen molar-refractivity contribution in [3.8, 4) is 11.5 Å². The Hall–Kier alpha value is -3.46. The van der Waals surface area contributed by atoms with Crippen molar-refractivity contribution in [2.24, 2.45) is 5.73 Å². The Kier molecular flexibility index (Phi) is 6.31. The van der Waals surface area contributed by atoms with Crippen molar-refractivity contribution in [3.05, 3.63) is 92.6 Å². The van der Waals surface area contributed by atoms with E-state index in [1.165, 1.54) is 36.5 Å². The maximum absolute atomic E-state index is 14.4. The molecule has 0 aliphatic carbocycles. The lowest BCUT2D eigenvalue weighted by Crippen LogP contribution is -2.22. The normalized spacial score (nSPS) is 10.7. The van der Waals surface area contributed by atoms with Crippen molar-refractivity contribution in [3.63, 3.8) is 0 Å². The maximum atomic E-state index is 14.4. The summed E-state index contributed by atoms with van der Waals surface area (Å²) in [6, 6.07) is 8.39. The highest BCUT2D eigenvalue weighted by Crippen LogP contribution is 2.24. The van der Waals surface area contributed by atoms with Crippen LogP contribution in [0.15, 0.2) is 53.5 Å². The molecule has 0 unspecified atom stereocenters. The molecule has 0 atom stereocenters. The van der Waals surface area contributed by atoms with Crippen molar-refractivity contribution in [1.29, 1.82) is 0 Å². The van der Waals surface area contributed by atoms with Gasteiger partial charge in [-0.2, -0.15) is 0 Å². The number of halogens is 4. The van der Waals surface area contributed by atoms with Crippen LogP contribution in [0.4, 0.5) is 18.0 Å². The highest BCUT2D eigenvalue weighted by Gasteiger charge is 2.15. The quantitative estimate of drug-likeness (QED) is 0.630. The van der Waals surface area contributed by atoms with Gasteiger partial charge in [0.2, 0.25) is 0 Å². The Bertz CT molecular complexity index is 1170. The van der Waals surface area contributed by atoms with Gasteiger partial charge in [0.25, 0.3) is 5.56 Å². The topological polar surface area (TPSA) is 83.6 Å². The summed E-state index contributed by atoms with van der Waals surface area (Å²) in [7, 11) is 0. The second-order valence-corrected chi connectivity index (χ2v) is 6.48. The molecule has 0 saturated heterocycles. The van der Waals surface area contributed by atoms with Gasteiger partial charge >= 0.3 is 6.09 Å². The van der Waals surface area contributed by atoms with Crippen LogP contribution < -0.4 is 20.8 Å². The van der Waals surface area contributed by atoms with E-state index < -0.39 is 29.1 Å². The van der Waals surface area contributed by atoms with Crippen molar-refractivity contribution in [2.75, 3.05) is 0 Å². The molecule has 0 saturated carbocycles. The molecule has 0 aliphatic heterocycles. The van der Waals surface area contributed by atoms with E-state index in [0.717, 1.165) is 10.6 Å². The van der Waals surface area contributed by atoms with E-state index in [2.05, 4.69) is 4.74 Å². The fourth-order valence-corrected chi connectivity index (χ4v) is 2.84. The molecule has 156 valence electrons. The molecular formula is C20H14ClF3N2O4. The second-order valence-electron chi connectivity index (χ2n) is 6.10. The summed E-state index contributed by atoms with van der Waals surface area (Å²) in [4.78, 5) is 23.3. The number of nitrogens with two attached hydrogens (primary N) is 1. The first-order valence-electron chi connectivity index (χ1n) is 8.46. The standard InChI is InChI=1S/C20H14ClF3N2O4/c21-17-15(29-10-12-4-5-13(22)8-14(12)23)6-7-26(19(17)27)9-11-2-1-3-16(18(11)24)30-20(25)28/h1-8H,9-10H2,(H2,25,28). The van der Waals surface area contributed by atoms with Gasteiger partial charge in [-0.1, -0.05) is 23.7 Å². The predicted octanol–water partition coefficient (Wildman–Crippen LogP) is 4.00. The summed E-state index contributed by atoms with van der Waals surface area (Å²) in [5, 5.41) is -0.301. The lowest BCUT2D eigenvalue weighted by atomic mass is 10.2. The van der Waals surface area contributed by atoms with Gasteiger partial charge in [0.15, 0.2) is 11.6 Å². The number of nitrogens with zero attached hydrogens (tertiary/aromatic N) is 1. The average Bonchev–Trinajstić information content (AvgIpc) is 2.68. The third kappa shape index (κ3) is 4.74. The van der Waals surface area contributed by atoms with Gasteiger partial charge in [0.1, 0.15) is 29.0 Å². The van der Waals surface area contributed by atoms with Gasteiger partial charge in [-0.05, 0) is 24.3 Å². The molecule has 0 radical (unpaired) electrons. The lowest BCUT2D eigenvalue weighted by molar-refractivity contribution is 0.208. The number of hydrogen-bond acceptors (Lipinski definition) is 4. The third-order valence-corrected chi connectivity index (χ3v) is 4.41. The van der Waals surface area contributed by atoms with E-state index in [-0.39, 0.29) is 40.8 Å². The molecule has 3 aromatic rings. The van der Waals surface area contributed by atoms with Gasteiger partial charge in [-0.25, -0.2) is 18.0 Å². The number of primary amides is 1. The average molecular weight is 439 g/mol. The Morgan fingerprint density at radius 1 is 1.07 bits per heavy atom. The van der Waals surface area contributed by atoms with Crippen LogP contribution in [0, 0.1) is 17.5 Å². The maximum Gasteiger partial charge on any atom is 0.410 e. The first-order chi connectivity index (χ1) is 14.3. The number of amides is 1. The Labute approximate surface area is 173 Å². The molecule has 10 heteroatoms. The SMILES string of the molecule is NC(=O)Oc1cccc(Cn2ccc(OCc3ccc(F)cc3F)c(Cl)c2=O)c1F. The summed E-state index contributed by atoms with van der Waals surface area (Å²) >= 11 is 6.04. The zero-order valence-corrected chi connectivity index (χ0v) is 16.0.